The summed E-state index contributed by atoms with van der Waals surface area (Å²) in [6, 6.07) is 4.60. The molecule has 0 saturated carbocycles. The highest BCUT2D eigenvalue weighted by Gasteiger charge is 2.24. The Labute approximate surface area is 129 Å². The fraction of sp³-hybridized carbons (Fsp3) is 0.467. The summed E-state index contributed by atoms with van der Waals surface area (Å²) in [5.41, 5.74) is 0.976. The molecule has 0 spiro atoms. The zero-order valence-corrected chi connectivity index (χ0v) is 13.4. The van der Waals surface area contributed by atoms with Crippen LogP contribution in [0.5, 0.6) is 5.75 Å². The highest BCUT2D eigenvalue weighted by Crippen LogP contribution is 2.25. The van der Waals surface area contributed by atoms with Crippen LogP contribution in [0.25, 0.3) is 0 Å². The maximum Gasteiger partial charge on any atom is 0.328 e. The van der Waals surface area contributed by atoms with Gasteiger partial charge in [-0.15, -0.1) is 0 Å². The van der Waals surface area contributed by atoms with Crippen molar-refractivity contribution in [3.8, 4) is 5.75 Å². The molecule has 0 bridgehead atoms. The molecule has 0 aliphatic carbocycles. The van der Waals surface area contributed by atoms with Gasteiger partial charge in [0.25, 0.3) is 5.91 Å². The number of aryl methyl sites for hydroxylation is 1. The SMILES string of the molecule is COC(=O)C(NC(=O)COc1cc(C)ccc1Cl)C(C)C. The van der Waals surface area contributed by atoms with E-state index in [0.29, 0.717) is 10.8 Å². The van der Waals surface area contributed by atoms with Crippen LogP contribution in [0.2, 0.25) is 5.02 Å². The van der Waals surface area contributed by atoms with Crippen LogP contribution in [-0.2, 0) is 14.3 Å². The summed E-state index contributed by atoms with van der Waals surface area (Å²) in [5.74, 6) is -0.529. The van der Waals surface area contributed by atoms with Gasteiger partial charge in [0.2, 0.25) is 0 Å². The fourth-order valence-corrected chi connectivity index (χ4v) is 1.88. The Hall–Kier alpha value is -1.75. The third-order valence-corrected chi connectivity index (χ3v) is 3.20. The molecule has 0 fully saturated rings. The number of halogens is 1. The average molecular weight is 314 g/mol. The zero-order chi connectivity index (χ0) is 16.0. The van der Waals surface area contributed by atoms with Gasteiger partial charge in [-0.3, -0.25) is 4.79 Å². The number of benzene rings is 1. The number of carbonyl (C=O) groups is 2. The Bertz CT molecular complexity index is 516. The molecule has 6 heteroatoms. The first-order valence-electron chi connectivity index (χ1n) is 6.61. The zero-order valence-electron chi connectivity index (χ0n) is 12.6. The van der Waals surface area contributed by atoms with Gasteiger partial charge < -0.3 is 14.8 Å². The van der Waals surface area contributed by atoms with E-state index in [1.807, 2.05) is 26.8 Å². The van der Waals surface area contributed by atoms with Gasteiger partial charge in [-0.1, -0.05) is 31.5 Å². The van der Waals surface area contributed by atoms with Crippen molar-refractivity contribution >= 4 is 23.5 Å². The lowest BCUT2D eigenvalue weighted by Gasteiger charge is -2.20. The molecule has 1 N–H and O–H groups in total. The van der Waals surface area contributed by atoms with Gasteiger partial charge in [0.15, 0.2) is 6.61 Å². The summed E-state index contributed by atoms with van der Waals surface area (Å²) in [7, 11) is 1.28. The highest BCUT2D eigenvalue weighted by atomic mass is 35.5. The summed E-state index contributed by atoms with van der Waals surface area (Å²) >= 11 is 5.98. The quantitative estimate of drug-likeness (QED) is 0.819. The number of esters is 1. The summed E-state index contributed by atoms with van der Waals surface area (Å²) in [6.07, 6.45) is 0. The summed E-state index contributed by atoms with van der Waals surface area (Å²) in [6.45, 7) is 5.32. The maximum absolute atomic E-state index is 11.9. The molecule has 5 nitrogen and oxygen atoms in total. The van der Waals surface area contributed by atoms with Crippen molar-refractivity contribution in [2.45, 2.75) is 26.8 Å². The Balaban J connectivity index is 2.61. The lowest BCUT2D eigenvalue weighted by atomic mass is 10.0. The Kier molecular flexibility index (Phi) is 6.49. The molecule has 116 valence electrons. The number of hydrogen-bond acceptors (Lipinski definition) is 4. The first-order valence-corrected chi connectivity index (χ1v) is 6.99. The number of nitrogens with one attached hydrogen (secondary N) is 1. The summed E-state index contributed by atoms with van der Waals surface area (Å²) in [4.78, 5) is 23.4. The molecule has 0 aliphatic heterocycles. The predicted molar refractivity (Wildman–Crippen MR) is 80.5 cm³/mol. The molecule has 1 amide bonds. The van der Waals surface area contributed by atoms with Gasteiger partial charge in [0.05, 0.1) is 12.1 Å². The van der Waals surface area contributed by atoms with Crippen LogP contribution in [0.3, 0.4) is 0 Å². The van der Waals surface area contributed by atoms with Crippen LogP contribution < -0.4 is 10.1 Å². The molecular formula is C15H20ClNO4. The minimum absolute atomic E-state index is 0.0797. The van der Waals surface area contributed by atoms with E-state index < -0.39 is 17.9 Å². The third kappa shape index (κ3) is 5.27. The smallest absolute Gasteiger partial charge is 0.328 e. The number of ether oxygens (including phenoxy) is 2. The van der Waals surface area contributed by atoms with E-state index in [1.165, 1.54) is 7.11 Å². The molecule has 1 unspecified atom stereocenters. The van der Waals surface area contributed by atoms with Gasteiger partial charge >= 0.3 is 5.97 Å². The topological polar surface area (TPSA) is 64.6 Å². The van der Waals surface area contributed by atoms with E-state index in [9.17, 15) is 9.59 Å². The molecule has 1 aromatic rings. The first kappa shape index (κ1) is 17.3. The van der Waals surface area contributed by atoms with Crippen LogP contribution in [0.4, 0.5) is 0 Å². The maximum atomic E-state index is 11.9. The average Bonchev–Trinajstić information content (AvgIpc) is 2.44. The first-order chi connectivity index (χ1) is 9.85. The molecular weight excluding hydrogens is 294 g/mol. The number of hydrogen-bond donors (Lipinski definition) is 1. The second-order valence-corrected chi connectivity index (χ2v) is 5.44. The van der Waals surface area contributed by atoms with Gasteiger partial charge in [0, 0.05) is 0 Å². The van der Waals surface area contributed by atoms with Gasteiger partial charge in [-0.25, -0.2) is 4.79 Å². The van der Waals surface area contributed by atoms with Crippen LogP contribution >= 0.6 is 11.6 Å². The van der Waals surface area contributed by atoms with Crippen LogP contribution in [0, 0.1) is 12.8 Å². The molecule has 1 aromatic carbocycles. The van der Waals surface area contributed by atoms with Crippen molar-refractivity contribution in [3.05, 3.63) is 28.8 Å². The summed E-state index contributed by atoms with van der Waals surface area (Å²) < 4.78 is 10.0. The van der Waals surface area contributed by atoms with Crippen molar-refractivity contribution in [2.75, 3.05) is 13.7 Å². The molecule has 0 aliphatic rings. The van der Waals surface area contributed by atoms with Gasteiger partial charge in [0.1, 0.15) is 11.8 Å². The molecule has 1 rings (SSSR count). The lowest BCUT2D eigenvalue weighted by Crippen LogP contribution is -2.46. The molecule has 1 atom stereocenters. The summed E-state index contributed by atoms with van der Waals surface area (Å²) in [5, 5.41) is 3.02. The van der Waals surface area contributed by atoms with E-state index in [2.05, 4.69) is 10.1 Å². The number of rotatable bonds is 6. The van der Waals surface area contributed by atoms with Crippen molar-refractivity contribution in [3.63, 3.8) is 0 Å². The molecule has 0 heterocycles. The monoisotopic (exact) mass is 313 g/mol. The van der Waals surface area contributed by atoms with E-state index in [4.69, 9.17) is 16.3 Å². The number of carbonyl (C=O) groups excluding carboxylic acids is 2. The van der Waals surface area contributed by atoms with Crippen LogP contribution in [0.1, 0.15) is 19.4 Å². The van der Waals surface area contributed by atoms with Crippen LogP contribution in [0.15, 0.2) is 18.2 Å². The van der Waals surface area contributed by atoms with Crippen molar-refractivity contribution in [2.24, 2.45) is 5.92 Å². The second kappa shape index (κ2) is 7.88. The highest BCUT2D eigenvalue weighted by molar-refractivity contribution is 6.32. The third-order valence-electron chi connectivity index (χ3n) is 2.88. The largest absolute Gasteiger partial charge is 0.482 e. The molecule has 21 heavy (non-hydrogen) atoms. The van der Waals surface area contributed by atoms with E-state index >= 15 is 0 Å². The van der Waals surface area contributed by atoms with E-state index in [-0.39, 0.29) is 12.5 Å². The van der Waals surface area contributed by atoms with Gasteiger partial charge in [-0.05, 0) is 30.5 Å². The minimum atomic E-state index is -0.695. The van der Waals surface area contributed by atoms with E-state index in [1.54, 1.807) is 12.1 Å². The van der Waals surface area contributed by atoms with Crippen molar-refractivity contribution in [1.82, 2.24) is 5.32 Å². The Morgan fingerprint density at radius 3 is 2.57 bits per heavy atom. The number of amides is 1. The fourth-order valence-electron chi connectivity index (χ4n) is 1.70. The van der Waals surface area contributed by atoms with Crippen LogP contribution in [-0.4, -0.2) is 31.6 Å². The minimum Gasteiger partial charge on any atom is -0.482 e. The Morgan fingerprint density at radius 1 is 1.33 bits per heavy atom. The van der Waals surface area contributed by atoms with Gasteiger partial charge in [-0.2, -0.15) is 0 Å². The standard InChI is InChI=1S/C15H20ClNO4/c1-9(2)14(15(19)20-4)17-13(18)8-21-12-7-10(3)5-6-11(12)16/h5-7,9,14H,8H2,1-4H3,(H,17,18). The molecule has 0 aromatic heterocycles. The number of methoxy groups -OCH3 is 1. The second-order valence-electron chi connectivity index (χ2n) is 5.03. The van der Waals surface area contributed by atoms with Crippen molar-refractivity contribution in [1.29, 1.82) is 0 Å². The normalized spacial score (nSPS) is 11.9. The van der Waals surface area contributed by atoms with E-state index in [0.717, 1.165) is 5.56 Å². The Morgan fingerprint density at radius 2 is 2.00 bits per heavy atom. The molecule has 0 saturated heterocycles. The predicted octanol–water partition coefficient (Wildman–Crippen LogP) is 2.34. The lowest BCUT2D eigenvalue weighted by molar-refractivity contribution is -0.146. The molecule has 0 radical (unpaired) electrons. The van der Waals surface area contributed by atoms with Crippen molar-refractivity contribution < 1.29 is 19.1 Å².